The molecule has 0 aliphatic carbocycles. The summed E-state index contributed by atoms with van der Waals surface area (Å²) in [7, 11) is 0. The number of carbonyl (C=O) groups excluding carboxylic acids is 1. The van der Waals surface area contributed by atoms with Crippen LogP contribution < -0.4 is 11.2 Å². The summed E-state index contributed by atoms with van der Waals surface area (Å²) < 4.78 is 0. The van der Waals surface area contributed by atoms with Gasteiger partial charge in [0.15, 0.2) is 0 Å². The largest absolute Gasteiger partial charge is 0.350 e. The quantitative estimate of drug-likeness (QED) is 0.384. The summed E-state index contributed by atoms with van der Waals surface area (Å²) in [5.74, 6) is 0. The smallest absolute Gasteiger partial charge is 0.332 e. The first kappa shape index (κ1) is 10.6. The Morgan fingerprint density at radius 2 is 2.00 bits per heavy atom. The summed E-state index contributed by atoms with van der Waals surface area (Å²) in [4.78, 5) is 11.3. The van der Waals surface area contributed by atoms with Crippen LogP contribution in [0.25, 0.3) is 0 Å². The number of nitrogens with zero attached hydrogens (tertiary/aromatic N) is 1. The Morgan fingerprint density at radius 1 is 1.43 bits per heavy atom. The van der Waals surface area contributed by atoms with Crippen molar-refractivity contribution >= 4 is 24.4 Å². The molecule has 0 fully saturated rings. The van der Waals surface area contributed by atoms with Crippen molar-refractivity contribution in [2.45, 2.75) is 11.8 Å². The molecule has 1 rings (SSSR count). The van der Waals surface area contributed by atoms with Gasteiger partial charge in [0.05, 0.1) is 5.71 Å². The number of primary amides is 1. The highest BCUT2D eigenvalue weighted by Crippen LogP contribution is 2.08. The van der Waals surface area contributed by atoms with Gasteiger partial charge in [-0.15, -0.1) is 12.6 Å². The molecule has 74 valence electrons. The minimum absolute atomic E-state index is 0.671. The van der Waals surface area contributed by atoms with Crippen LogP contribution in [-0.4, -0.2) is 11.7 Å². The van der Waals surface area contributed by atoms with Gasteiger partial charge in [-0.2, -0.15) is 5.10 Å². The fourth-order valence-electron chi connectivity index (χ4n) is 0.906. The molecule has 0 heterocycles. The van der Waals surface area contributed by atoms with Crippen molar-refractivity contribution in [3.63, 3.8) is 0 Å². The van der Waals surface area contributed by atoms with Gasteiger partial charge in [0.1, 0.15) is 0 Å². The summed E-state index contributed by atoms with van der Waals surface area (Å²) in [5.41, 5.74) is 8.64. The highest BCUT2D eigenvalue weighted by Gasteiger charge is 1.97. The molecule has 0 aromatic heterocycles. The monoisotopic (exact) mass is 209 g/mol. The topological polar surface area (TPSA) is 67.5 Å². The predicted octanol–water partition coefficient (Wildman–Crippen LogP) is 1.37. The Morgan fingerprint density at radius 3 is 2.50 bits per heavy atom. The van der Waals surface area contributed by atoms with Crippen molar-refractivity contribution in [1.29, 1.82) is 0 Å². The second-order valence-corrected chi connectivity index (χ2v) is 3.24. The number of amides is 2. The van der Waals surface area contributed by atoms with Crippen LogP contribution in [0.1, 0.15) is 12.5 Å². The lowest BCUT2D eigenvalue weighted by Crippen LogP contribution is -2.25. The van der Waals surface area contributed by atoms with Crippen molar-refractivity contribution in [3.8, 4) is 0 Å². The third kappa shape index (κ3) is 3.10. The normalized spacial score (nSPS) is 11.1. The van der Waals surface area contributed by atoms with Crippen LogP contribution in [0.2, 0.25) is 0 Å². The lowest BCUT2D eigenvalue weighted by molar-refractivity contribution is 0.249. The van der Waals surface area contributed by atoms with Gasteiger partial charge in [0.25, 0.3) is 0 Å². The first-order valence-corrected chi connectivity index (χ1v) is 4.43. The van der Waals surface area contributed by atoms with E-state index in [1.54, 1.807) is 6.92 Å². The SMILES string of the molecule is C/C(=N\NC(N)=O)c1ccc(S)cc1. The number of urea groups is 1. The number of nitrogens with two attached hydrogens (primary N) is 1. The standard InChI is InChI=1S/C9H11N3OS/c1-6(11-12-9(10)13)7-2-4-8(14)5-3-7/h2-5,14H,1H3,(H3,10,12,13)/b11-6+. The maximum atomic E-state index is 10.4. The second-order valence-electron chi connectivity index (χ2n) is 2.72. The van der Waals surface area contributed by atoms with Crippen LogP contribution in [0, 0.1) is 0 Å². The molecule has 0 saturated carbocycles. The molecule has 0 aliphatic heterocycles. The summed E-state index contributed by atoms with van der Waals surface area (Å²) in [6, 6.07) is 6.76. The van der Waals surface area contributed by atoms with E-state index in [-0.39, 0.29) is 0 Å². The van der Waals surface area contributed by atoms with Crippen LogP contribution in [0.5, 0.6) is 0 Å². The molecule has 0 radical (unpaired) electrons. The average molecular weight is 209 g/mol. The summed E-state index contributed by atoms with van der Waals surface area (Å²) in [6.45, 7) is 1.78. The van der Waals surface area contributed by atoms with Crippen LogP contribution >= 0.6 is 12.6 Å². The molecular weight excluding hydrogens is 198 g/mol. The third-order valence-electron chi connectivity index (χ3n) is 1.62. The Labute approximate surface area is 87.6 Å². The molecule has 14 heavy (non-hydrogen) atoms. The van der Waals surface area contributed by atoms with Gasteiger partial charge < -0.3 is 5.73 Å². The van der Waals surface area contributed by atoms with E-state index in [4.69, 9.17) is 5.73 Å². The number of carbonyl (C=O) groups is 1. The van der Waals surface area contributed by atoms with Gasteiger partial charge in [0, 0.05) is 4.90 Å². The maximum Gasteiger partial charge on any atom is 0.332 e. The zero-order valence-corrected chi connectivity index (χ0v) is 8.58. The highest BCUT2D eigenvalue weighted by molar-refractivity contribution is 7.80. The molecule has 0 unspecified atom stereocenters. The average Bonchev–Trinajstić information content (AvgIpc) is 2.15. The molecule has 5 heteroatoms. The van der Waals surface area contributed by atoms with Crippen molar-refractivity contribution in [1.82, 2.24) is 5.43 Å². The highest BCUT2D eigenvalue weighted by atomic mass is 32.1. The van der Waals surface area contributed by atoms with Gasteiger partial charge in [0.2, 0.25) is 0 Å². The van der Waals surface area contributed by atoms with E-state index in [9.17, 15) is 4.79 Å². The molecule has 4 nitrogen and oxygen atoms in total. The van der Waals surface area contributed by atoms with Gasteiger partial charge >= 0.3 is 6.03 Å². The van der Waals surface area contributed by atoms with Gasteiger partial charge in [-0.1, -0.05) is 12.1 Å². The second kappa shape index (κ2) is 4.66. The molecule has 0 spiro atoms. The fraction of sp³-hybridized carbons (Fsp3) is 0.111. The number of thiol groups is 1. The van der Waals surface area contributed by atoms with E-state index in [0.29, 0.717) is 5.71 Å². The van der Waals surface area contributed by atoms with Crippen molar-refractivity contribution in [2.24, 2.45) is 10.8 Å². The zero-order chi connectivity index (χ0) is 10.6. The molecular formula is C9H11N3OS. The molecule has 3 N–H and O–H groups in total. The van der Waals surface area contributed by atoms with Crippen molar-refractivity contribution < 1.29 is 4.79 Å². The molecule has 0 atom stereocenters. The maximum absolute atomic E-state index is 10.4. The van der Waals surface area contributed by atoms with E-state index >= 15 is 0 Å². The van der Waals surface area contributed by atoms with E-state index in [0.717, 1.165) is 10.5 Å². The first-order chi connectivity index (χ1) is 6.59. The molecule has 1 aromatic rings. The number of hydrogen-bond acceptors (Lipinski definition) is 3. The Hall–Kier alpha value is -1.49. The summed E-state index contributed by atoms with van der Waals surface area (Å²) in [5, 5.41) is 3.79. The molecule has 1 aromatic carbocycles. The minimum Gasteiger partial charge on any atom is -0.350 e. The lowest BCUT2D eigenvalue weighted by atomic mass is 10.1. The van der Waals surface area contributed by atoms with Crippen LogP contribution in [0.4, 0.5) is 4.79 Å². The van der Waals surface area contributed by atoms with E-state index < -0.39 is 6.03 Å². The fourth-order valence-corrected chi connectivity index (χ4v) is 1.06. The van der Waals surface area contributed by atoms with Crippen LogP contribution in [0.15, 0.2) is 34.3 Å². The lowest BCUT2D eigenvalue weighted by Gasteiger charge is -2.00. The minimum atomic E-state index is -0.671. The van der Waals surface area contributed by atoms with Gasteiger partial charge in [-0.25, -0.2) is 10.2 Å². The number of rotatable bonds is 2. The van der Waals surface area contributed by atoms with Gasteiger partial charge in [-0.3, -0.25) is 0 Å². The van der Waals surface area contributed by atoms with Crippen LogP contribution in [-0.2, 0) is 0 Å². The Balaban J connectivity index is 2.78. The van der Waals surface area contributed by atoms with Gasteiger partial charge in [-0.05, 0) is 24.6 Å². The molecule has 2 amide bonds. The van der Waals surface area contributed by atoms with E-state index in [2.05, 4.69) is 23.2 Å². The number of hydrazone groups is 1. The summed E-state index contributed by atoms with van der Waals surface area (Å²) >= 11 is 4.16. The van der Waals surface area contributed by atoms with E-state index in [1.807, 2.05) is 24.3 Å². The van der Waals surface area contributed by atoms with Crippen LogP contribution in [0.3, 0.4) is 0 Å². The number of nitrogens with one attached hydrogen (secondary N) is 1. The molecule has 0 saturated heterocycles. The molecule has 0 aliphatic rings. The zero-order valence-electron chi connectivity index (χ0n) is 7.69. The van der Waals surface area contributed by atoms with Crippen molar-refractivity contribution in [2.75, 3.05) is 0 Å². The predicted molar refractivity (Wildman–Crippen MR) is 58.6 cm³/mol. The Kier molecular flexibility index (Phi) is 3.53. The number of benzene rings is 1. The Bertz CT molecular complexity index is 359. The molecule has 0 bridgehead atoms. The number of hydrogen-bond donors (Lipinski definition) is 3. The summed E-state index contributed by atoms with van der Waals surface area (Å²) in [6.07, 6.45) is 0. The third-order valence-corrected chi connectivity index (χ3v) is 1.92. The first-order valence-electron chi connectivity index (χ1n) is 3.98. The van der Waals surface area contributed by atoms with Crippen molar-refractivity contribution in [3.05, 3.63) is 29.8 Å². The van der Waals surface area contributed by atoms with E-state index in [1.165, 1.54) is 0 Å².